The number of anilines is 2. The Morgan fingerprint density at radius 3 is 2.81 bits per heavy atom. The van der Waals surface area contributed by atoms with Crippen molar-refractivity contribution in [2.75, 3.05) is 17.4 Å². The quantitative estimate of drug-likeness (QED) is 0.673. The Hall–Kier alpha value is -1.40. The first-order chi connectivity index (χ1) is 10.1. The van der Waals surface area contributed by atoms with Gasteiger partial charge in [0.25, 0.3) is 0 Å². The third kappa shape index (κ3) is 2.70. The highest BCUT2D eigenvalue weighted by Gasteiger charge is 2.27. The Morgan fingerprint density at radius 1 is 1.33 bits per heavy atom. The molecule has 1 fully saturated rings. The average Bonchev–Trinajstić information content (AvgIpc) is 2.86. The summed E-state index contributed by atoms with van der Waals surface area (Å²) in [6.45, 7) is 4.45. The SMILES string of the molecule is Cc1cc2c(N(C)C3CCCCC3C)nc(NN)nc2s1. The fourth-order valence-electron chi connectivity index (χ4n) is 3.39. The van der Waals surface area contributed by atoms with Crippen molar-refractivity contribution in [1.82, 2.24) is 9.97 Å². The van der Waals surface area contributed by atoms with Gasteiger partial charge in [-0.05, 0) is 31.7 Å². The van der Waals surface area contributed by atoms with Crippen molar-refractivity contribution < 1.29 is 0 Å². The van der Waals surface area contributed by atoms with Crippen LogP contribution in [0.1, 0.15) is 37.5 Å². The fraction of sp³-hybridized carbons (Fsp3) is 0.600. The topological polar surface area (TPSA) is 67.1 Å². The summed E-state index contributed by atoms with van der Waals surface area (Å²) in [6.07, 6.45) is 5.18. The van der Waals surface area contributed by atoms with Crippen LogP contribution in [0.3, 0.4) is 0 Å². The van der Waals surface area contributed by atoms with E-state index in [2.05, 4.69) is 47.3 Å². The lowest BCUT2D eigenvalue weighted by Crippen LogP contribution is -2.39. The molecule has 2 aromatic rings. The molecule has 21 heavy (non-hydrogen) atoms. The molecule has 0 spiro atoms. The molecular weight excluding hydrogens is 282 g/mol. The number of aromatic nitrogens is 2. The number of thiophene rings is 1. The van der Waals surface area contributed by atoms with Crippen molar-refractivity contribution in [3.05, 3.63) is 10.9 Å². The van der Waals surface area contributed by atoms with E-state index in [0.29, 0.717) is 17.9 Å². The number of hydrogen-bond donors (Lipinski definition) is 2. The lowest BCUT2D eigenvalue weighted by Gasteiger charge is -2.37. The highest BCUT2D eigenvalue weighted by molar-refractivity contribution is 7.18. The van der Waals surface area contributed by atoms with Crippen LogP contribution in [0.15, 0.2) is 6.07 Å². The molecule has 1 saturated carbocycles. The van der Waals surface area contributed by atoms with E-state index in [1.54, 1.807) is 11.3 Å². The Bertz CT molecular complexity index is 638. The van der Waals surface area contributed by atoms with E-state index in [-0.39, 0.29) is 0 Å². The van der Waals surface area contributed by atoms with E-state index in [4.69, 9.17) is 5.84 Å². The predicted molar refractivity (Wildman–Crippen MR) is 89.8 cm³/mol. The second kappa shape index (κ2) is 5.77. The summed E-state index contributed by atoms with van der Waals surface area (Å²) < 4.78 is 0. The number of aryl methyl sites for hydroxylation is 1. The van der Waals surface area contributed by atoms with Crippen molar-refractivity contribution >= 4 is 33.3 Å². The van der Waals surface area contributed by atoms with E-state index in [1.807, 2.05) is 0 Å². The number of hydrazine groups is 1. The van der Waals surface area contributed by atoms with Gasteiger partial charge in [-0.15, -0.1) is 11.3 Å². The minimum Gasteiger partial charge on any atom is -0.356 e. The molecular formula is C15H23N5S. The molecule has 1 aliphatic rings. The maximum Gasteiger partial charge on any atom is 0.240 e. The summed E-state index contributed by atoms with van der Waals surface area (Å²) in [5, 5.41) is 1.14. The van der Waals surface area contributed by atoms with Gasteiger partial charge in [-0.1, -0.05) is 19.8 Å². The van der Waals surface area contributed by atoms with Gasteiger partial charge in [0.2, 0.25) is 5.95 Å². The highest BCUT2D eigenvalue weighted by atomic mass is 32.1. The van der Waals surface area contributed by atoms with Crippen LogP contribution in [0.2, 0.25) is 0 Å². The number of hydrogen-bond acceptors (Lipinski definition) is 6. The molecule has 6 heteroatoms. The van der Waals surface area contributed by atoms with E-state index >= 15 is 0 Å². The molecule has 5 nitrogen and oxygen atoms in total. The molecule has 2 aromatic heterocycles. The molecule has 2 unspecified atom stereocenters. The van der Waals surface area contributed by atoms with Crippen molar-refractivity contribution in [2.24, 2.45) is 11.8 Å². The lowest BCUT2D eigenvalue weighted by molar-refractivity contribution is 0.321. The van der Waals surface area contributed by atoms with Gasteiger partial charge < -0.3 is 4.90 Å². The molecule has 0 saturated heterocycles. The number of nitrogen functional groups attached to an aromatic ring is 1. The minimum atomic E-state index is 0.495. The molecule has 114 valence electrons. The standard InChI is InChI=1S/C15H23N5S/c1-9-6-4-5-7-12(9)20(3)13-11-8-10(2)21-14(11)18-15(17-13)19-16/h8-9,12H,4-7,16H2,1-3H3,(H,17,18,19). The van der Waals surface area contributed by atoms with Gasteiger partial charge in [0.05, 0.1) is 5.39 Å². The lowest BCUT2D eigenvalue weighted by atomic mass is 9.85. The van der Waals surface area contributed by atoms with Gasteiger partial charge in [0, 0.05) is 18.0 Å². The maximum absolute atomic E-state index is 5.53. The van der Waals surface area contributed by atoms with Crippen molar-refractivity contribution in [3.8, 4) is 0 Å². The first-order valence-corrected chi connectivity index (χ1v) is 8.39. The molecule has 0 radical (unpaired) electrons. The van der Waals surface area contributed by atoms with Crippen molar-refractivity contribution in [1.29, 1.82) is 0 Å². The zero-order chi connectivity index (χ0) is 15.0. The van der Waals surface area contributed by atoms with Gasteiger partial charge in [-0.25, -0.2) is 10.8 Å². The smallest absolute Gasteiger partial charge is 0.240 e. The number of rotatable bonds is 3. The number of nitrogens with one attached hydrogen (secondary N) is 1. The summed E-state index contributed by atoms with van der Waals surface area (Å²) in [7, 11) is 2.15. The fourth-order valence-corrected chi connectivity index (χ4v) is 4.26. The van der Waals surface area contributed by atoms with Crippen LogP contribution in [0.4, 0.5) is 11.8 Å². The largest absolute Gasteiger partial charge is 0.356 e. The summed E-state index contributed by atoms with van der Waals surface area (Å²) >= 11 is 1.69. The van der Waals surface area contributed by atoms with E-state index in [0.717, 1.165) is 16.0 Å². The zero-order valence-corrected chi connectivity index (χ0v) is 13.7. The van der Waals surface area contributed by atoms with Crippen molar-refractivity contribution in [2.45, 2.75) is 45.6 Å². The summed E-state index contributed by atoms with van der Waals surface area (Å²) in [5.74, 6) is 7.72. The Labute approximate surface area is 129 Å². The normalized spacial score (nSPS) is 22.5. The predicted octanol–water partition coefficient (Wildman–Crippen LogP) is 3.30. The highest BCUT2D eigenvalue weighted by Crippen LogP contribution is 2.35. The van der Waals surface area contributed by atoms with E-state index < -0.39 is 0 Å². The summed E-state index contributed by atoms with van der Waals surface area (Å²) in [5.41, 5.74) is 2.60. The van der Waals surface area contributed by atoms with Crippen molar-refractivity contribution in [3.63, 3.8) is 0 Å². The van der Waals surface area contributed by atoms with Gasteiger partial charge in [-0.2, -0.15) is 4.98 Å². The van der Waals surface area contributed by atoms with E-state index in [1.165, 1.54) is 30.6 Å². The van der Waals surface area contributed by atoms with Crippen LogP contribution < -0.4 is 16.2 Å². The zero-order valence-electron chi connectivity index (χ0n) is 12.9. The van der Waals surface area contributed by atoms with Crippen LogP contribution in [-0.2, 0) is 0 Å². The van der Waals surface area contributed by atoms with Gasteiger partial charge in [0.15, 0.2) is 0 Å². The van der Waals surface area contributed by atoms with E-state index in [9.17, 15) is 0 Å². The van der Waals surface area contributed by atoms with Crippen LogP contribution in [0.5, 0.6) is 0 Å². The maximum atomic E-state index is 5.53. The first kappa shape index (κ1) is 14.5. The molecule has 0 amide bonds. The van der Waals surface area contributed by atoms with Gasteiger partial charge in [0.1, 0.15) is 10.6 Å². The van der Waals surface area contributed by atoms with Gasteiger partial charge >= 0.3 is 0 Å². The summed E-state index contributed by atoms with van der Waals surface area (Å²) in [6, 6.07) is 2.72. The number of nitrogens with zero attached hydrogens (tertiary/aromatic N) is 3. The summed E-state index contributed by atoms with van der Waals surface area (Å²) in [4.78, 5) is 13.7. The molecule has 3 rings (SSSR count). The van der Waals surface area contributed by atoms with Crippen LogP contribution in [-0.4, -0.2) is 23.1 Å². The second-order valence-electron chi connectivity index (χ2n) is 6.03. The molecule has 0 aromatic carbocycles. The molecule has 0 aliphatic heterocycles. The molecule has 2 heterocycles. The Morgan fingerprint density at radius 2 is 2.10 bits per heavy atom. The van der Waals surface area contributed by atoms with Crippen LogP contribution in [0, 0.1) is 12.8 Å². The number of fused-ring (bicyclic) bond motifs is 1. The molecule has 2 atom stereocenters. The minimum absolute atomic E-state index is 0.495. The number of nitrogens with two attached hydrogens (primary N) is 1. The Balaban J connectivity index is 2.05. The third-order valence-electron chi connectivity index (χ3n) is 4.52. The molecule has 0 bridgehead atoms. The monoisotopic (exact) mass is 305 g/mol. The van der Waals surface area contributed by atoms with Gasteiger partial charge in [-0.3, -0.25) is 5.43 Å². The van der Waals surface area contributed by atoms with Crippen LogP contribution in [0.25, 0.3) is 10.2 Å². The second-order valence-corrected chi connectivity index (χ2v) is 7.27. The third-order valence-corrected chi connectivity index (χ3v) is 5.47. The van der Waals surface area contributed by atoms with Crippen LogP contribution >= 0.6 is 11.3 Å². The molecule has 1 aliphatic carbocycles. The first-order valence-electron chi connectivity index (χ1n) is 7.57. The average molecular weight is 305 g/mol. The Kier molecular flexibility index (Phi) is 3.99. The molecule has 3 N–H and O–H groups in total.